The molecule has 0 radical (unpaired) electrons. The molecule has 1 heterocycles. The van der Waals surface area contributed by atoms with E-state index in [9.17, 15) is 5.11 Å². The molecule has 0 fully saturated rings. The van der Waals surface area contributed by atoms with Crippen LogP contribution in [0.2, 0.25) is 0 Å². The summed E-state index contributed by atoms with van der Waals surface area (Å²) >= 11 is 3.31. The van der Waals surface area contributed by atoms with Gasteiger partial charge in [-0.3, -0.25) is 0 Å². The second kappa shape index (κ2) is 5.42. The Morgan fingerprint density at radius 2 is 2.13 bits per heavy atom. The maximum atomic E-state index is 9.23. The van der Waals surface area contributed by atoms with Crippen LogP contribution in [0.25, 0.3) is 0 Å². The molecule has 2 unspecified atom stereocenters. The van der Waals surface area contributed by atoms with Gasteiger partial charge >= 0.3 is 0 Å². The zero-order valence-corrected chi connectivity index (χ0v) is 10.7. The van der Waals surface area contributed by atoms with Gasteiger partial charge in [0.25, 0.3) is 0 Å². The number of nitrogens with zero attached hydrogens (tertiary/aromatic N) is 2. The van der Waals surface area contributed by atoms with E-state index in [1.807, 2.05) is 19.9 Å². The van der Waals surface area contributed by atoms with Gasteiger partial charge in [0, 0.05) is 12.1 Å². The Bertz CT molecular complexity index is 310. The Balaban J connectivity index is 2.63. The van der Waals surface area contributed by atoms with Gasteiger partial charge in [-0.2, -0.15) is 0 Å². The van der Waals surface area contributed by atoms with Crippen LogP contribution < -0.4 is 5.32 Å². The quantitative estimate of drug-likeness (QED) is 0.826. The number of rotatable bonds is 4. The van der Waals surface area contributed by atoms with E-state index in [4.69, 9.17) is 0 Å². The van der Waals surface area contributed by atoms with Crippen molar-refractivity contribution in [3.63, 3.8) is 0 Å². The third-order valence-corrected chi connectivity index (χ3v) is 2.30. The van der Waals surface area contributed by atoms with Crippen molar-refractivity contribution in [1.29, 1.82) is 0 Å². The van der Waals surface area contributed by atoms with Gasteiger partial charge in [-0.25, -0.2) is 9.97 Å². The molecule has 1 rings (SSSR count). The summed E-state index contributed by atoms with van der Waals surface area (Å²) in [7, 11) is 0. The number of halogens is 1. The molecular weight excluding hydrogens is 258 g/mol. The number of hydrogen-bond donors (Lipinski definition) is 2. The number of aromatic nitrogens is 2. The number of aryl methyl sites for hydroxylation is 1. The fourth-order valence-electron chi connectivity index (χ4n) is 1.43. The molecule has 0 aliphatic heterocycles. The van der Waals surface area contributed by atoms with Crippen LogP contribution in [-0.2, 0) is 0 Å². The standard InChI is InChI=1S/C10H16BrN3O/c1-6(4-7(2)15)12-10-5-9(11)13-8(3)14-10/h5-7,15H,4H2,1-3H3,(H,12,13,14). The highest BCUT2D eigenvalue weighted by Crippen LogP contribution is 2.13. The van der Waals surface area contributed by atoms with Crippen LogP contribution in [0.1, 0.15) is 26.1 Å². The lowest BCUT2D eigenvalue weighted by Crippen LogP contribution is -2.21. The van der Waals surface area contributed by atoms with Gasteiger partial charge in [0.1, 0.15) is 16.2 Å². The van der Waals surface area contributed by atoms with E-state index < -0.39 is 0 Å². The highest BCUT2D eigenvalue weighted by atomic mass is 79.9. The van der Waals surface area contributed by atoms with E-state index in [0.29, 0.717) is 6.42 Å². The average molecular weight is 274 g/mol. The molecule has 0 saturated heterocycles. The van der Waals surface area contributed by atoms with Crippen molar-refractivity contribution in [3.05, 3.63) is 16.5 Å². The minimum Gasteiger partial charge on any atom is -0.393 e. The van der Waals surface area contributed by atoms with Crippen LogP contribution in [0.3, 0.4) is 0 Å². The first-order valence-corrected chi connectivity index (χ1v) is 5.72. The smallest absolute Gasteiger partial charge is 0.131 e. The molecule has 0 aliphatic rings. The Hall–Kier alpha value is -0.680. The summed E-state index contributed by atoms with van der Waals surface area (Å²) in [6.45, 7) is 5.63. The molecule has 0 spiro atoms. The minimum absolute atomic E-state index is 0.186. The molecule has 2 N–H and O–H groups in total. The fourth-order valence-corrected chi connectivity index (χ4v) is 1.90. The lowest BCUT2D eigenvalue weighted by molar-refractivity contribution is 0.179. The number of aliphatic hydroxyl groups is 1. The van der Waals surface area contributed by atoms with E-state index in [-0.39, 0.29) is 12.1 Å². The summed E-state index contributed by atoms with van der Waals surface area (Å²) in [5.41, 5.74) is 0. The Labute approximate surface area is 98.3 Å². The zero-order valence-electron chi connectivity index (χ0n) is 9.16. The highest BCUT2D eigenvalue weighted by Gasteiger charge is 2.07. The largest absolute Gasteiger partial charge is 0.393 e. The maximum absolute atomic E-state index is 9.23. The van der Waals surface area contributed by atoms with Crippen LogP contribution in [-0.4, -0.2) is 27.2 Å². The topological polar surface area (TPSA) is 58.0 Å². The van der Waals surface area contributed by atoms with Gasteiger partial charge < -0.3 is 10.4 Å². The van der Waals surface area contributed by atoms with Gasteiger partial charge in [0.2, 0.25) is 0 Å². The molecule has 84 valence electrons. The SMILES string of the molecule is Cc1nc(Br)cc(NC(C)CC(C)O)n1. The molecular formula is C10H16BrN3O. The van der Waals surface area contributed by atoms with E-state index in [2.05, 4.69) is 31.2 Å². The summed E-state index contributed by atoms with van der Waals surface area (Å²) in [6.07, 6.45) is 0.389. The number of hydrogen-bond acceptors (Lipinski definition) is 4. The Morgan fingerprint density at radius 3 is 2.67 bits per heavy atom. The predicted octanol–water partition coefficient (Wildman–Crippen LogP) is 2.12. The van der Waals surface area contributed by atoms with Crippen molar-refractivity contribution in [1.82, 2.24) is 9.97 Å². The summed E-state index contributed by atoms with van der Waals surface area (Å²) in [6, 6.07) is 2.01. The molecule has 0 amide bonds. The summed E-state index contributed by atoms with van der Waals surface area (Å²) in [5.74, 6) is 1.50. The molecule has 5 heteroatoms. The summed E-state index contributed by atoms with van der Waals surface area (Å²) in [4.78, 5) is 8.37. The second-order valence-corrected chi connectivity index (χ2v) is 4.57. The van der Waals surface area contributed by atoms with Crippen LogP contribution in [0.4, 0.5) is 5.82 Å². The number of nitrogens with one attached hydrogen (secondary N) is 1. The maximum Gasteiger partial charge on any atom is 0.131 e. The first kappa shape index (κ1) is 12.4. The molecule has 0 bridgehead atoms. The third-order valence-electron chi connectivity index (χ3n) is 1.90. The Kier molecular flexibility index (Phi) is 4.47. The van der Waals surface area contributed by atoms with Gasteiger partial charge in [-0.05, 0) is 43.1 Å². The van der Waals surface area contributed by atoms with E-state index >= 15 is 0 Å². The van der Waals surface area contributed by atoms with E-state index in [1.165, 1.54) is 0 Å². The molecule has 2 atom stereocenters. The van der Waals surface area contributed by atoms with E-state index in [1.54, 1.807) is 6.92 Å². The average Bonchev–Trinajstić information content (AvgIpc) is 1.98. The monoisotopic (exact) mass is 273 g/mol. The minimum atomic E-state index is -0.307. The summed E-state index contributed by atoms with van der Waals surface area (Å²) in [5, 5.41) is 12.4. The Morgan fingerprint density at radius 1 is 1.47 bits per heavy atom. The molecule has 1 aromatic heterocycles. The van der Waals surface area contributed by atoms with Gasteiger partial charge in [-0.1, -0.05) is 0 Å². The molecule has 15 heavy (non-hydrogen) atoms. The fraction of sp³-hybridized carbons (Fsp3) is 0.600. The first-order valence-electron chi connectivity index (χ1n) is 4.93. The van der Waals surface area contributed by atoms with Crippen molar-refractivity contribution >= 4 is 21.7 Å². The van der Waals surface area contributed by atoms with Crippen LogP contribution in [0.15, 0.2) is 10.7 Å². The van der Waals surface area contributed by atoms with E-state index in [0.717, 1.165) is 16.2 Å². The zero-order chi connectivity index (χ0) is 11.4. The van der Waals surface area contributed by atoms with Crippen LogP contribution in [0, 0.1) is 6.92 Å². The second-order valence-electron chi connectivity index (χ2n) is 3.75. The highest BCUT2D eigenvalue weighted by molar-refractivity contribution is 9.10. The van der Waals surface area contributed by atoms with Crippen molar-refractivity contribution < 1.29 is 5.11 Å². The van der Waals surface area contributed by atoms with Gasteiger partial charge in [0.05, 0.1) is 6.10 Å². The molecule has 4 nitrogen and oxygen atoms in total. The number of anilines is 1. The van der Waals surface area contributed by atoms with Crippen molar-refractivity contribution in [2.75, 3.05) is 5.32 Å². The molecule has 1 aromatic rings. The van der Waals surface area contributed by atoms with Gasteiger partial charge in [-0.15, -0.1) is 0 Å². The van der Waals surface area contributed by atoms with Crippen LogP contribution >= 0.6 is 15.9 Å². The van der Waals surface area contributed by atoms with Gasteiger partial charge in [0.15, 0.2) is 0 Å². The van der Waals surface area contributed by atoms with Crippen molar-refractivity contribution in [2.45, 2.75) is 39.3 Å². The molecule has 0 aliphatic carbocycles. The number of aliphatic hydroxyl groups excluding tert-OH is 1. The van der Waals surface area contributed by atoms with Crippen molar-refractivity contribution in [3.8, 4) is 0 Å². The summed E-state index contributed by atoms with van der Waals surface area (Å²) < 4.78 is 0.766. The molecule has 0 aromatic carbocycles. The lowest BCUT2D eigenvalue weighted by atomic mass is 10.1. The van der Waals surface area contributed by atoms with Crippen LogP contribution in [0.5, 0.6) is 0 Å². The first-order chi connectivity index (χ1) is 6.97. The predicted molar refractivity (Wildman–Crippen MR) is 63.9 cm³/mol. The lowest BCUT2D eigenvalue weighted by Gasteiger charge is -2.16. The molecule has 0 saturated carbocycles. The normalized spacial score (nSPS) is 14.7. The van der Waals surface area contributed by atoms with Crippen molar-refractivity contribution in [2.24, 2.45) is 0 Å². The third kappa shape index (κ3) is 4.57.